The number of benzene rings is 1. The van der Waals surface area contributed by atoms with Crippen LogP contribution in [0.3, 0.4) is 0 Å². The number of halogens is 2. The molecule has 1 aliphatic rings. The van der Waals surface area contributed by atoms with Crippen molar-refractivity contribution in [2.75, 3.05) is 0 Å². The molecule has 0 radical (unpaired) electrons. The quantitative estimate of drug-likeness (QED) is 0.893. The van der Waals surface area contributed by atoms with E-state index >= 15 is 0 Å². The summed E-state index contributed by atoms with van der Waals surface area (Å²) in [6, 6.07) is 7.38. The normalized spacial score (nSPS) is 23.8. The summed E-state index contributed by atoms with van der Waals surface area (Å²) in [6.07, 6.45) is 1.07. The summed E-state index contributed by atoms with van der Waals surface area (Å²) in [5.74, 6) is -1.81. The summed E-state index contributed by atoms with van der Waals surface area (Å²) in [5.41, 5.74) is 7.89. The molecule has 0 bridgehead atoms. The maximum Gasteiger partial charge on any atom is 0.248 e. The average molecular weight is 265 g/mol. The third kappa shape index (κ3) is 2.61. The van der Waals surface area contributed by atoms with Gasteiger partial charge in [0.25, 0.3) is 0 Å². The maximum atomic E-state index is 13.2. The Bertz CT molecular complexity index is 546. The predicted octanol–water partition coefficient (Wildman–Crippen LogP) is 3.39. The van der Waals surface area contributed by atoms with E-state index in [4.69, 9.17) is 5.73 Å². The Morgan fingerprint density at radius 1 is 1.42 bits per heavy atom. The summed E-state index contributed by atoms with van der Waals surface area (Å²) in [6.45, 7) is 0. The Balaban J connectivity index is 1.72. The minimum absolute atomic E-state index is 0.00166. The molecule has 102 valence electrons. The summed E-state index contributed by atoms with van der Waals surface area (Å²) in [4.78, 5) is 7.59. The van der Waals surface area contributed by atoms with Crippen LogP contribution < -0.4 is 5.73 Å². The fraction of sp³-hybridized carbons (Fsp3) is 0.500. The molecule has 19 heavy (non-hydrogen) atoms. The lowest BCUT2D eigenvalue weighted by atomic mass is 9.98. The largest absolute Gasteiger partial charge is 0.341 e. The predicted molar refractivity (Wildman–Crippen MR) is 69.9 cm³/mol. The number of rotatable bonds is 3. The number of alkyl halides is 2. The standard InChI is InChI=1S/C14H17F2N3/c15-14(16)6-5-9(8-14)7-10(17)13-18-11-3-1-2-4-12(11)19-13/h1-4,9-10H,5-8,17H2,(H,18,19)/t9-,10+/m1/s1. The first kappa shape index (κ1) is 12.5. The minimum atomic E-state index is -2.50. The van der Waals surface area contributed by atoms with E-state index in [1.807, 2.05) is 24.3 Å². The van der Waals surface area contributed by atoms with Crippen LogP contribution in [0.2, 0.25) is 0 Å². The highest BCUT2D eigenvalue weighted by Gasteiger charge is 2.39. The zero-order chi connectivity index (χ0) is 13.5. The first-order valence-electron chi connectivity index (χ1n) is 6.61. The van der Waals surface area contributed by atoms with Crippen molar-refractivity contribution in [1.82, 2.24) is 9.97 Å². The van der Waals surface area contributed by atoms with Crippen molar-refractivity contribution in [2.24, 2.45) is 11.7 Å². The van der Waals surface area contributed by atoms with Crippen molar-refractivity contribution >= 4 is 11.0 Å². The summed E-state index contributed by atoms with van der Waals surface area (Å²) >= 11 is 0. The molecule has 1 fully saturated rings. The van der Waals surface area contributed by atoms with Crippen molar-refractivity contribution in [1.29, 1.82) is 0 Å². The third-order valence-corrected chi connectivity index (χ3v) is 3.85. The van der Waals surface area contributed by atoms with Crippen LogP contribution >= 0.6 is 0 Å². The smallest absolute Gasteiger partial charge is 0.248 e. The van der Waals surface area contributed by atoms with Crippen LogP contribution in [0.1, 0.15) is 37.5 Å². The molecule has 1 saturated carbocycles. The molecule has 2 atom stereocenters. The van der Waals surface area contributed by atoms with Crippen molar-refractivity contribution in [2.45, 2.75) is 37.6 Å². The molecule has 3 N–H and O–H groups in total. The number of nitrogens with one attached hydrogen (secondary N) is 1. The van der Waals surface area contributed by atoms with E-state index in [0.717, 1.165) is 11.0 Å². The van der Waals surface area contributed by atoms with Crippen molar-refractivity contribution in [3.63, 3.8) is 0 Å². The highest BCUT2D eigenvalue weighted by atomic mass is 19.3. The average Bonchev–Trinajstić information content (AvgIpc) is 2.92. The van der Waals surface area contributed by atoms with Gasteiger partial charge in [0.2, 0.25) is 5.92 Å². The molecule has 0 aliphatic heterocycles. The van der Waals surface area contributed by atoms with E-state index < -0.39 is 5.92 Å². The Labute approximate surface area is 110 Å². The van der Waals surface area contributed by atoms with Gasteiger partial charge in [-0.05, 0) is 30.9 Å². The van der Waals surface area contributed by atoms with E-state index in [1.165, 1.54) is 0 Å². The van der Waals surface area contributed by atoms with Gasteiger partial charge in [-0.1, -0.05) is 12.1 Å². The molecule has 1 heterocycles. The number of fused-ring (bicyclic) bond motifs is 1. The molecule has 0 unspecified atom stereocenters. The number of nitrogens with zero attached hydrogens (tertiary/aromatic N) is 1. The summed E-state index contributed by atoms with van der Waals surface area (Å²) in [7, 11) is 0. The number of hydrogen-bond acceptors (Lipinski definition) is 2. The van der Waals surface area contributed by atoms with Crippen molar-refractivity contribution in [3.8, 4) is 0 Å². The van der Waals surface area contributed by atoms with Gasteiger partial charge in [-0.3, -0.25) is 0 Å². The molecule has 1 aliphatic carbocycles. The van der Waals surface area contributed by atoms with Crippen LogP contribution in [0.25, 0.3) is 11.0 Å². The van der Waals surface area contributed by atoms with Gasteiger partial charge in [-0.25, -0.2) is 13.8 Å². The van der Waals surface area contributed by atoms with Crippen molar-refractivity contribution in [3.05, 3.63) is 30.1 Å². The van der Waals surface area contributed by atoms with Gasteiger partial charge in [0, 0.05) is 12.8 Å². The number of hydrogen-bond donors (Lipinski definition) is 2. The summed E-state index contributed by atoms with van der Waals surface area (Å²) < 4.78 is 26.3. The number of imidazole rings is 1. The van der Waals surface area contributed by atoms with Crippen LogP contribution in [0, 0.1) is 5.92 Å². The second-order valence-corrected chi connectivity index (χ2v) is 5.45. The van der Waals surface area contributed by atoms with Crippen LogP contribution in [-0.2, 0) is 0 Å². The van der Waals surface area contributed by atoms with Crippen LogP contribution in [-0.4, -0.2) is 15.9 Å². The first-order chi connectivity index (χ1) is 9.03. The lowest BCUT2D eigenvalue weighted by molar-refractivity contribution is 0.00443. The Hall–Kier alpha value is -1.49. The molecule has 1 aromatic carbocycles. The Kier molecular flexibility index (Phi) is 3.01. The molecule has 1 aromatic heterocycles. The molecular weight excluding hydrogens is 248 g/mol. The van der Waals surface area contributed by atoms with E-state index in [9.17, 15) is 8.78 Å². The Morgan fingerprint density at radius 3 is 2.89 bits per heavy atom. The zero-order valence-corrected chi connectivity index (χ0v) is 10.6. The molecule has 3 nitrogen and oxygen atoms in total. The number of H-pyrrole nitrogens is 1. The fourth-order valence-electron chi connectivity index (χ4n) is 2.86. The third-order valence-electron chi connectivity index (χ3n) is 3.85. The highest BCUT2D eigenvalue weighted by molar-refractivity contribution is 5.74. The first-order valence-corrected chi connectivity index (χ1v) is 6.61. The molecule has 5 heteroatoms. The maximum absolute atomic E-state index is 13.2. The van der Waals surface area contributed by atoms with Gasteiger partial charge in [-0.2, -0.15) is 0 Å². The van der Waals surface area contributed by atoms with Gasteiger partial charge in [0.1, 0.15) is 5.82 Å². The van der Waals surface area contributed by atoms with E-state index in [1.54, 1.807) is 0 Å². The van der Waals surface area contributed by atoms with E-state index in [-0.39, 0.29) is 24.8 Å². The number of para-hydroxylation sites is 2. The van der Waals surface area contributed by atoms with Gasteiger partial charge in [-0.15, -0.1) is 0 Å². The molecule has 3 rings (SSSR count). The molecule has 0 spiro atoms. The van der Waals surface area contributed by atoms with Crippen LogP contribution in [0.15, 0.2) is 24.3 Å². The van der Waals surface area contributed by atoms with Crippen LogP contribution in [0.4, 0.5) is 8.78 Å². The van der Waals surface area contributed by atoms with Crippen LogP contribution in [0.5, 0.6) is 0 Å². The SMILES string of the molecule is N[C@@H](C[C@H]1CCC(F)(F)C1)c1nc2ccccc2[nH]1. The lowest BCUT2D eigenvalue weighted by Gasteiger charge is -2.14. The van der Waals surface area contributed by atoms with Crippen molar-refractivity contribution < 1.29 is 8.78 Å². The van der Waals surface area contributed by atoms with Gasteiger partial charge < -0.3 is 10.7 Å². The number of aromatic amines is 1. The molecular formula is C14H17F2N3. The van der Waals surface area contributed by atoms with Gasteiger partial charge in [0.15, 0.2) is 0 Å². The lowest BCUT2D eigenvalue weighted by Crippen LogP contribution is -2.17. The van der Waals surface area contributed by atoms with E-state index in [0.29, 0.717) is 18.7 Å². The monoisotopic (exact) mass is 265 g/mol. The Morgan fingerprint density at radius 2 is 2.21 bits per heavy atom. The molecule has 2 aromatic rings. The topological polar surface area (TPSA) is 54.7 Å². The highest BCUT2D eigenvalue weighted by Crippen LogP contribution is 2.41. The number of nitrogens with two attached hydrogens (primary N) is 1. The van der Waals surface area contributed by atoms with E-state index in [2.05, 4.69) is 9.97 Å². The number of aromatic nitrogens is 2. The molecule has 0 amide bonds. The molecule has 0 saturated heterocycles. The second kappa shape index (κ2) is 4.56. The van der Waals surface area contributed by atoms with Gasteiger partial charge in [0.05, 0.1) is 17.1 Å². The zero-order valence-electron chi connectivity index (χ0n) is 10.6. The van der Waals surface area contributed by atoms with Gasteiger partial charge >= 0.3 is 0 Å². The summed E-state index contributed by atoms with van der Waals surface area (Å²) in [5, 5.41) is 0. The fourth-order valence-corrected chi connectivity index (χ4v) is 2.86. The second-order valence-electron chi connectivity index (χ2n) is 5.45. The minimum Gasteiger partial charge on any atom is -0.341 e.